The van der Waals surface area contributed by atoms with Gasteiger partial charge in [0, 0.05) is 29.2 Å². The van der Waals surface area contributed by atoms with Gasteiger partial charge in [0.05, 0.1) is 0 Å². The Bertz CT molecular complexity index is 433. The van der Waals surface area contributed by atoms with E-state index in [0.717, 1.165) is 28.8 Å². The lowest BCUT2D eigenvalue weighted by Gasteiger charge is -2.19. The maximum atomic E-state index is 12.0. The molecule has 1 atom stereocenters. The first-order chi connectivity index (χ1) is 8.11. The molecule has 1 saturated heterocycles. The van der Waals surface area contributed by atoms with Gasteiger partial charge in [-0.25, -0.2) is 0 Å². The zero-order chi connectivity index (χ0) is 12.4. The van der Waals surface area contributed by atoms with Crippen LogP contribution in [0.25, 0.3) is 0 Å². The summed E-state index contributed by atoms with van der Waals surface area (Å²) in [5.41, 5.74) is 2.16. The van der Waals surface area contributed by atoms with Gasteiger partial charge in [0.2, 0.25) is 5.91 Å². The maximum absolute atomic E-state index is 12.0. The van der Waals surface area contributed by atoms with Gasteiger partial charge in [-0.2, -0.15) is 0 Å². The number of aryl methyl sites for hydroxylation is 1. The molecule has 17 heavy (non-hydrogen) atoms. The fourth-order valence-electron chi connectivity index (χ4n) is 2.24. The number of hydrogen-bond acceptors (Lipinski definition) is 2. The summed E-state index contributed by atoms with van der Waals surface area (Å²) in [6.45, 7) is 5.78. The van der Waals surface area contributed by atoms with Gasteiger partial charge in [-0.05, 0) is 31.2 Å². The molecular weight excluding hydrogens is 280 g/mol. The van der Waals surface area contributed by atoms with E-state index in [9.17, 15) is 4.79 Å². The minimum Gasteiger partial charge on any atom is -0.312 e. The summed E-state index contributed by atoms with van der Waals surface area (Å²) in [4.78, 5) is 13.9. The van der Waals surface area contributed by atoms with Gasteiger partial charge in [-0.3, -0.25) is 4.79 Å². The zero-order valence-electron chi connectivity index (χ0n) is 10.2. The van der Waals surface area contributed by atoms with Crippen LogP contribution < -0.4 is 10.2 Å². The molecule has 3 nitrogen and oxygen atoms in total. The normalized spacial score (nSPS) is 20.1. The topological polar surface area (TPSA) is 32.3 Å². The molecule has 1 aliphatic heterocycles. The second-order valence-electron chi connectivity index (χ2n) is 4.39. The molecule has 0 saturated carbocycles. The Morgan fingerprint density at radius 1 is 1.53 bits per heavy atom. The summed E-state index contributed by atoms with van der Waals surface area (Å²) in [6, 6.07) is 6.33. The predicted octanol–water partition coefficient (Wildman–Crippen LogP) is 2.47. The van der Waals surface area contributed by atoms with Crippen LogP contribution in [0.15, 0.2) is 22.7 Å². The Morgan fingerprint density at radius 2 is 2.29 bits per heavy atom. The first-order valence-corrected chi connectivity index (χ1v) is 6.71. The lowest BCUT2D eigenvalue weighted by Crippen LogP contribution is -2.32. The Morgan fingerprint density at radius 3 is 3.00 bits per heavy atom. The highest BCUT2D eigenvalue weighted by atomic mass is 79.9. The molecule has 0 spiro atoms. The number of amides is 1. The third-order valence-corrected chi connectivity index (χ3v) is 3.57. The third-order valence-electron chi connectivity index (χ3n) is 3.08. The van der Waals surface area contributed by atoms with Gasteiger partial charge >= 0.3 is 0 Å². The van der Waals surface area contributed by atoms with Crippen LogP contribution >= 0.6 is 15.9 Å². The first-order valence-electron chi connectivity index (χ1n) is 5.91. The van der Waals surface area contributed by atoms with Crippen molar-refractivity contribution in [3.05, 3.63) is 28.2 Å². The Balaban J connectivity index is 2.22. The van der Waals surface area contributed by atoms with Crippen LogP contribution in [0.1, 0.15) is 18.9 Å². The van der Waals surface area contributed by atoms with Crippen molar-refractivity contribution in [3.8, 4) is 0 Å². The average Bonchev–Trinajstić information content (AvgIpc) is 2.64. The van der Waals surface area contributed by atoms with Crippen molar-refractivity contribution in [2.45, 2.75) is 26.3 Å². The predicted molar refractivity (Wildman–Crippen MR) is 73.3 cm³/mol. The minimum absolute atomic E-state index is 0.206. The molecule has 1 amide bonds. The molecule has 2 rings (SSSR count). The van der Waals surface area contributed by atoms with E-state index in [1.54, 1.807) is 0 Å². The largest absolute Gasteiger partial charge is 0.312 e. The van der Waals surface area contributed by atoms with Crippen LogP contribution in [0.5, 0.6) is 0 Å². The summed E-state index contributed by atoms with van der Waals surface area (Å²) >= 11 is 3.46. The van der Waals surface area contributed by atoms with E-state index < -0.39 is 0 Å². The Labute approximate surface area is 110 Å². The van der Waals surface area contributed by atoms with Crippen LogP contribution in [0.4, 0.5) is 5.69 Å². The van der Waals surface area contributed by atoms with Crippen molar-refractivity contribution in [2.24, 2.45) is 0 Å². The monoisotopic (exact) mass is 296 g/mol. The fraction of sp³-hybridized carbons (Fsp3) is 0.462. The molecule has 1 aliphatic rings. The van der Waals surface area contributed by atoms with Crippen LogP contribution in [-0.2, 0) is 4.79 Å². The molecule has 4 heteroatoms. The number of benzene rings is 1. The van der Waals surface area contributed by atoms with Crippen LogP contribution in [0.2, 0.25) is 0 Å². The number of halogens is 1. The standard InChI is InChI=1S/C13H17BrN2O/c1-3-15-11-7-13(17)16(8-11)12-6-10(14)5-4-9(12)2/h4-6,11,15H,3,7-8H2,1-2H3. The molecule has 1 heterocycles. The van der Waals surface area contributed by atoms with Crippen molar-refractivity contribution in [3.63, 3.8) is 0 Å². The number of nitrogens with one attached hydrogen (secondary N) is 1. The van der Waals surface area contributed by atoms with Crippen molar-refractivity contribution in [1.82, 2.24) is 5.32 Å². The van der Waals surface area contributed by atoms with Crippen LogP contribution in [0.3, 0.4) is 0 Å². The first kappa shape index (κ1) is 12.6. The second kappa shape index (κ2) is 5.19. The van der Waals surface area contributed by atoms with Crippen molar-refractivity contribution in [1.29, 1.82) is 0 Å². The molecule has 92 valence electrons. The summed E-state index contributed by atoms with van der Waals surface area (Å²) in [5, 5.41) is 3.33. The number of hydrogen-bond donors (Lipinski definition) is 1. The van der Waals surface area contributed by atoms with Crippen LogP contribution in [0, 0.1) is 6.92 Å². The van der Waals surface area contributed by atoms with Gasteiger partial charge in [0.25, 0.3) is 0 Å². The molecular formula is C13H17BrN2O. The average molecular weight is 297 g/mol. The highest BCUT2D eigenvalue weighted by Gasteiger charge is 2.30. The molecule has 1 aromatic carbocycles. The third kappa shape index (κ3) is 2.69. The smallest absolute Gasteiger partial charge is 0.228 e. The number of likely N-dealkylation sites (N-methyl/N-ethyl adjacent to an activating group) is 1. The summed E-state index contributed by atoms with van der Waals surface area (Å²) < 4.78 is 1.01. The van der Waals surface area contributed by atoms with Gasteiger partial charge in [0.15, 0.2) is 0 Å². The summed E-state index contributed by atoms with van der Waals surface area (Å²) in [6.07, 6.45) is 0.597. The van der Waals surface area contributed by atoms with E-state index in [4.69, 9.17) is 0 Å². The molecule has 0 aliphatic carbocycles. The molecule has 1 unspecified atom stereocenters. The molecule has 0 bridgehead atoms. The van der Waals surface area contributed by atoms with Crippen molar-refractivity contribution < 1.29 is 4.79 Å². The lowest BCUT2D eigenvalue weighted by molar-refractivity contribution is -0.117. The Kier molecular flexibility index (Phi) is 3.84. The summed E-state index contributed by atoms with van der Waals surface area (Å²) in [5.74, 6) is 0.206. The van der Waals surface area contributed by atoms with E-state index >= 15 is 0 Å². The molecule has 1 aromatic rings. The quantitative estimate of drug-likeness (QED) is 0.929. The number of carbonyl (C=O) groups excluding carboxylic acids is 1. The second-order valence-corrected chi connectivity index (χ2v) is 5.31. The van der Waals surface area contributed by atoms with E-state index in [1.807, 2.05) is 30.0 Å². The van der Waals surface area contributed by atoms with Gasteiger partial charge in [-0.1, -0.05) is 28.9 Å². The van der Waals surface area contributed by atoms with Crippen molar-refractivity contribution in [2.75, 3.05) is 18.0 Å². The number of nitrogens with zero attached hydrogens (tertiary/aromatic N) is 1. The fourth-order valence-corrected chi connectivity index (χ4v) is 2.59. The van der Waals surface area contributed by atoms with Gasteiger partial charge in [0.1, 0.15) is 0 Å². The van der Waals surface area contributed by atoms with Gasteiger partial charge in [-0.15, -0.1) is 0 Å². The van der Waals surface area contributed by atoms with E-state index in [1.165, 1.54) is 0 Å². The zero-order valence-corrected chi connectivity index (χ0v) is 11.8. The number of carbonyl (C=O) groups is 1. The number of rotatable bonds is 3. The number of anilines is 1. The molecule has 1 fully saturated rings. The molecule has 0 radical (unpaired) electrons. The Hall–Kier alpha value is -0.870. The highest BCUT2D eigenvalue weighted by molar-refractivity contribution is 9.10. The van der Waals surface area contributed by atoms with E-state index in [0.29, 0.717) is 6.42 Å². The lowest BCUT2D eigenvalue weighted by atomic mass is 10.2. The molecule has 1 N–H and O–H groups in total. The highest BCUT2D eigenvalue weighted by Crippen LogP contribution is 2.28. The van der Waals surface area contributed by atoms with Gasteiger partial charge < -0.3 is 10.2 Å². The SMILES string of the molecule is CCNC1CC(=O)N(c2cc(Br)ccc2C)C1. The minimum atomic E-state index is 0.206. The maximum Gasteiger partial charge on any atom is 0.228 e. The van der Waals surface area contributed by atoms with E-state index in [2.05, 4.69) is 28.2 Å². The molecule has 0 aromatic heterocycles. The van der Waals surface area contributed by atoms with Crippen molar-refractivity contribution >= 4 is 27.5 Å². The summed E-state index contributed by atoms with van der Waals surface area (Å²) in [7, 11) is 0. The van der Waals surface area contributed by atoms with E-state index in [-0.39, 0.29) is 11.9 Å². The van der Waals surface area contributed by atoms with Crippen LogP contribution in [-0.4, -0.2) is 25.0 Å².